The lowest BCUT2D eigenvalue weighted by atomic mass is 10.2. The van der Waals surface area contributed by atoms with E-state index in [1.807, 2.05) is 0 Å². The Morgan fingerprint density at radius 3 is 2.63 bits per heavy atom. The number of amides is 1. The second kappa shape index (κ2) is 6.98. The highest BCUT2D eigenvalue weighted by molar-refractivity contribution is 7.92. The van der Waals surface area contributed by atoms with Crippen LogP contribution in [-0.2, 0) is 14.8 Å². The predicted molar refractivity (Wildman–Crippen MR) is 78.5 cm³/mol. The zero-order valence-electron chi connectivity index (χ0n) is 10.2. The monoisotopic (exact) mass is 324 g/mol. The molecule has 0 aliphatic carbocycles. The maximum Gasteiger partial charge on any atom is 0.229 e. The van der Waals surface area contributed by atoms with Crippen LogP contribution in [0.2, 0.25) is 5.02 Å². The fourth-order valence-electron chi connectivity index (χ4n) is 1.34. The summed E-state index contributed by atoms with van der Waals surface area (Å²) < 4.78 is 24.5. The third-order valence-electron chi connectivity index (χ3n) is 2.08. The summed E-state index contributed by atoms with van der Waals surface area (Å²) in [7, 11) is -3.37. The Morgan fingerprint density at radius 1 is 1.37 bits per heavy atom. The van der Waals surface area contributed by atoms with Gasteiger partial charge in [0, 0.05) is 12.3 Å². The molecule has 0 saturated heterocycles. The molecule has 0 aromatic heterocycles. The van der Waals surface area contributed by atoms with Crippen molar-refractivity contribution in [3.63, 3.8) is 0 Å². The molecule has 0 atom stereocenters. The number of anilines is 2. The zero-order chi connectivity index (χ0) is 14.5. The number of alkyl halides is 1. The maximum atomic E-state index is 11.6. The van der Waals surface area contributed by atoms with Crippen molar-refractivity contribution in [3.8, 4) is 0 Å². The van der Waals surface area contributed by atoms with Gasteiger partial charge in [0.15, 0.2) is 0 Å². The van der Waals surface area contributed by atoms with Gasteiger partial charge >= 0.3 is 0 Å². The lowest BCUT2D eigenvalue weighted by Crippen LogP contribution is -2.13. The van der Waals surface area contributed by atoms with Gasteiger partial charge in [-0.25, -0.2) is 8.42 Å². The van der Waals surface area contributed by atoms with Gasteiger partial charge in [0.05, 0.1) is 22.7 Å². The highest BCUT2D eigenvalue weighted by atomic mass is 35.5. The van der Waals surface area contributed by atoms with Crippen molar-refractivity contribution in [1.82, 2.24) is 0 Å². The molecule has 19 heavy (non-hydrogen) atoms. The first-order valence-electron chi connectivity index (χ1n) is 5.45. The van der Waals surface area contributed by atoms with E-state index in [1.165, 1.54) is 18.2 Å². The van der Waals surface area contributed by atoms with Crippen LogP contribution in [0, 0.1) is 0 Å². The molecular weight excluding hydrogens is 311 g/mol. The van der Waals surface area contributed by atoms with E-state index in [0.29, 0.717) is 28.7 Å². The molecule has 0 radical (unpaired) electrons. The van der Waals surface area contributed by atoms with Crippen molar-refractivity contribution in [2.45, 2.75) is 12.8 Å². The molecule has 1 aromatic carbocycles. The maximum absolute atomic E-state index is 11.6. The minimum Gasteiger partial charge on any atom is -0.325 e. The summed E-state index contributed by atoms with van der Waals surface area (Å²) in [5, 5.41) is 2.94. The van der Waals surface area contributed by atoms with E-state index in [0.717, 1.165) is 6.26 Å². The second-order valence-electron chi connectivity index (χ2n) is 3.91. The standard InChI is InChI=1S/C11H14Cl2N2O3S/c1-19(17,18)15-8-4-5-9(13)10(7-8)14-11(16)3-2-6-12/h4-5,7,15H,2-3,6H2,1H3,(H,14,16). The SMILES string of the molecule is CS(=O)(=O)Nc1ccc(Cl)c(NC(=O)CCCCl)c1. The highest BCUT2D eigenvalue weighted by Crippen LogP contribution is 2.26. The van der Waals surface area contributed by atoms with Crippen LogP contribution < -0.4 is 10.0 Å². The quantitative estimate of drug-likeness (QED) is 0.790. The minimum atomic E-state index is -3.37. The molecule has 0 heterocycles. The molecule has 1 aromatic rings. The second-order valence-corrected chi connectivity index (χ2v) is 6.44. The lowest BCUT2D eigenvalue weighted by Gasteiger charge is -2.10. The van der Waals surface area contributed by atoms with E-state index in [2.05, 4.69) is 10.0 Å². The van der Waals surface area contributed by atoms with Crippen LogP contribution >= 0.6 is 23.2 Å². The van der Waals surface area contributed by atoms with E-state index in [-0.39, 0.29) is 12.3 Å². The van der Waals surface area contributed by atoms with Gasteiger partial charge in [-0.05, 0) is 24.6 Å². The van der Waals surface area contributed by atoms with Crippen LogP contribution in [-0.4, -0.2) is 26.5 Å². The summed E-state index contributed by atoms with van der Waals surface area (Å²) in [6.45, 7) is 0. The zero-order valence-corrected chi connectivity index (χ0v) is 12.6. The van der Waals surface area contributed by atoms with Gasteiger partial charge in [-0.15, -0.1) is 11.6 Å². The van der Waals surface area contributed by atoms with Crippen LogP contribution in [0.5, 0.6) is 0 Å². The van der Waals surface area contributed by atoms with Gasteiger partial charge in [-0.3, -0.25) is 9.52 Å². The normalized spacial score (nSPS) is 11.1. The summed E-state index contributed by atoms with van der Waals surface area (Å²) >= 11 is 11.4. The van der Waals surface area contributed by atoms with E-state index < -0.39 is 10.0 Å². The largest absolute Gasteiger partial charge is 0.325 e. The average molecular weight is 325 g/mol. The van der Waals surface area contributed by atoms with Crippen LogP contribution in [0.3, 0.4) is 0 Å². The number of hydrogen-bond donors (Lipinski definition) is 2. The first-order valence-corrected chi connectivity index (χ1v) is 8.25. The van der Waals surface area contributed by atoms with Crippen molar-refractivity contribution >= 4 is 50.5 Å². The molecule has 0 aliphatic rings. The first-order chi connectivity index (χ1) is 8.81. The molecule has 1 rings (SSSR count). The van der Waals surface area contributed by atoms with Gasteiger partial charge in [0.25, 0.3) is 0 Å². The number of halogens is 2. The Morgan fingerprint density at radius 2 is 2.05 bits per heavy atom. The van der Waals surface area contributed by atoms with Crippen LogP contribution in [0.1, 0.15) is 12.8 Å². The number of sulfonamides is 1. The third-order valence-corrected chi connectivity index (χ3v) is 3.28. The molecule has 0 bridgehead atoms. The first kappa shape index (κ1) is 16.1. The van der Waals surface area contributed by atoms with E-state index in [9.17, 15) is 13.2 Å². The van der Waals surface area contributed by atoms with Crippen LogP contribution in [0.25, 0.3) is 0 Å². The van der Waals surface area contributed by atoms with E-state index in [1.54, 1.807) is 0 Å². The predicted octanol–water partition coefficient (Wildman–Crippen LogP) is 2.67. The van der Waals surface area contributed by atoms with Gasteiger partial charge < -0.3 is 5.32 Å². The summed E-state index contributed by atoms with van der Waals surface area (Å²) in [5.41, 5.74) is 0.689. The van der Waals surface area contributed by atoms with Gasteiger partial charge in [0.1, 0.15) is 0 Å². The van der Waals surface area contributed by atoms with Gasteiger partial charge in [-0.2, -0.15) is 0 Å². The molecular formula is C11H14Cl2N2O3S. The Kier molecular flexibility index (Phi) is 5.90. The fraction of sp³-hybridized carbons (Fsp3) is 0.364. The molecule has 1 amide bonds. The van der Waals surface area contributed by atoms with E-state index >= 15 is 0 Å². The van der Waals surface area contributed by atoms with Crippen molar-refractivity contribution in [1.29, 1.82) is 0 Å². The molecule has 0 saturated carbocycles. The van der Waals surface area contributed by atoms with E-state index in [4.69, 9.17) is 23.2 Å². The molecule has 8 heteroatoms. The van der Waals surface area contributed by atoms with Crippen molar-refractivity contribution in [2.24, 2.45) is 0 Å². The third kappa shape index (κ3) is 6.13. The van der Waals surface area contributed by atoms with Crippen molar-refractivity contribution < 1.29 is 13.2 Å². The number of carbonyl (C=O) groups is 1. The fourth-order valence-corrected chi connectivity index (χ4v) is 2.19. The van der Waals surface area contributed by atoms with Crippen molar-refractivity contribution in [2.75, 3.05) is 22.2 Å². The summed E-state index contributed by atoms with van der Waals surface area (Å²) in [6, 6.07) is 4.48. The summed E-state index contributed by atoms with van der Waals surface area (Å²) in [6.07, 6.45) is 1.89. The van der Waals surface area contributed by atoms with Gasteiger partial charge in [0.2, 0.25) is 15.9 Å². The highest BCUT2D eigenvalue weighted by Gasteiger charge is 2.08. The Bertz CT molecular complexity index is 561. The molecule has 0 unspecified atom stereocenters. The Labute approximate surface area is 122 Å². The smallest absolute Gasteiger partial charge is 0.229 e. The Hall–Kier alpha value is -0.980. The molecule has 0 fully saturated rings. The minimum absolute atomic E-state index is 0.223. The molecule has 0 aliphatic heterocycles. The Balaban J connectivity index is 2.83. The summed E-state index contributed by atoms with van der Waals surface area (Å²) in [5.74, 6) is 0.177. The molecule has 106 valence electrons. The number of carbonyl (C=O) groups excluding carboxylic acids is 1. The van der Waals surface area contributed by atoms with Gasteiger partial charge in [-0.1, -0.05) is 11.6 Å². The number of hydrogen-bond acceptors (Lipinski definition) is 3. The summed E-state index contributed by atoms with van der Waals surface area (Å²) in [4.78, 5) is 11.6. The van der Waals surface area contributed by atoms with Crippen LogP contribution in [0.4, 0.5) is 11.4 Å². The lowest BCUT2D eigenvalue weighted by molar-refractivity contribution is -0.116. The molecule has 2 N–H and O–H groups in total. The number of nitrogens with one attached hydrogen (secondary N) is 2. The van der Waals surface area contributed by atoms with Crippen molar-refractivity contribution in [3.05, 3.63) is 23.2 Å². The van der Waals surface area contributed by atoms with Crippen LogP contribution in [0.15, 0.2) is 18.2 Å². The average Bonchev–Trinajstić information content (AvgIpc) is 2.29. The number of rotatable bonds is 6. The molecule has 5 nitrogen and oxygen atoms in total. The molecule has 0 spiro atoms. The number of benzene rings is 1. The topological polar surface area (TPSA) is 75.3 Å².